The van der Waals surface area contributed by atoms with Crippen LogP contribution in [0.3, 0.4) is 0 Å². The highest BCUT2D eigenvalue weighted by Gasteiger charge is 2.36. The van der Waals surface area contributed by atoms with Crippen LogP contribution < -0.4 is 9.62 Å². The zero-order chi connectivity index (χ0) is 20.4. The third kappa shape index (κ3) is 4.63. The number of likely N-dealkylation sites (N-methyl/N-ethyl adjacent to an activating group) is 1. The summed E-state index contributed by atoms with van der Waals surface area (Å²) in [5, 5.41) is 1.71. The predicted octanol–water partition coefficient (Wildman–Crippen LogP) is 3.31. The van der Waals surface area contributed by atoms with Gasteiger partial charge in [-0.2, -0.15) is 0 Å². The van der Waals surface area contributed by atoms with E-state index in [1.807, 2.05) is 36.4 Å². The molecule has 0 radical (unpaired) electrons. The van der Waals surface area contributed by atoms with Crippen LogP contribution in [0.2, 0.25) is 0 Å². The molecule has 1 aliphatic rings. The summed E-state index contributed by atoms with van der Waals surface area (Å²) in [7, 11) is -1.63. The Morgan fingerprint density at radius 2 is 1.97 bits per heavy atom. The summed E-state index contributed by atoms with van der Waals surface area (Å²) < 4.78 is 26.5. The van der Waals surface area contributed by atoms with Gasteiger partial charge in [0.15, 0.2) is 5.13 Å². The number of pyridine rings is 1. The van der Waals surface area contributed by atoms with Gasteiger partial charge in [-0.25, -0.2) is 13.4 Å². The number of thiazole rings is 1. The summed E-state index contributed by atoms with van der Waals surface area (Å²) in [6.07, 6.45) is 5.00. The quantitative estimate of drug-likeness (QED) is 0.623. The Labute approximate surface area is 173 Å². The number of carbonyl (C=O) groups excluding carboxylic acids is 1. The first-order valence-electron chi connectivity index (χ1n) is 9.15. The van der Waals surface area contributed by atoms with Gasteiger partial charge in [0.2, 0.25) is 15.9 Å². The maximum absolute atomic E-state index is 12.6. The molecule has 2 heterocycles. The minimum absolute atomic E-state index is 0.0997. The Balaban J connectivity index is 1.39. The summed E-state index contributed by atoms with van der Waals surface area (Å²) >= 11 is 1.19. The Bertz CT molecular complexity index is 1110. The normalized spacial score (nSPS) is 13.8. The van der Waals surface area contributed by atoms with E-state index in [2.05, 4.69) is 14.7 Å². The lowest BCUT2D eigenvalue weighted by atomic mass is 10.1. The molecular weight excluding hydrogens is 408 g/mol. The Hall–Kier alpha value is -2.78. The molecule has 0 bridgehead atoms. The van der Waals surface area contributed by atoms with Crippen molar-refractivity contribution in [3.63, 3.8) is 0 Å². The van der Waals surface area contributed by atoms with Gasteiger partial charge in [0.1, 0.15) is 0 Å². The van der Waals surface area contributed by atoms with Crippen molar-refractivity contribution >= 4 is 38.1 Å². The smallest absolute Gasteiger partial charge is 0.237 e. The highest BCUT2D eigenvalue weighted by Crippen LogP contribution is 2.30. The van der Waals surface area contributed by atoms with E-state index in [0.29, 0.717) is 23.7 Å². The van der Waals surface area contributed by atoms with Crippen LogP contribution in [0.1, 0.15) is 18.5 Å². The van der Waals surface area contributed by atoms with Gasteiger partial charge in [-0.1, -0.05) is 18.2 Å². The molecule has 0 aliphatic heterocycles. The maximum atomic E-state index is 12.6. The third-order valence-electron chi connectivity index (χ3n) is 4.70. The molecule has 0 spiro atoms. The minimum atomic E-state index is -3.34. The molecule has 1 amide bonds. The molecule has 0 unspecified atom stereocenters. The molecule has 150 valence electrons. The van der Waals surface area contributed by atoms with Crippen molar-refractivity contribution in [2.45, 2.75) is 24.5 Å². The van der Waals surface area contributed by atoms with Gasteiger partial charge in [0.25, 0.3) is 0 Å². The first-order chi connectivity index (χ1) is 13.9. The van der Waals surface area contributed by atoms with Crippen LogP contribution in [0.15, 0.2) is 54.2 Å². The number of amides is 1. The topological polar surface area (TPSA) is 92.3 Å². The van der Waals surface area contributed by atoms with Crippen molar-refractivity contribution in [3.05, 3.63) is 59.9 Å². The van der Waals surface area contributed by atoms with E-state index < -0.39 is 10.0 Å². The van der Waals surface area contributed by atoms with E-state index >= 15 is 0 Å². The average molecular weight is 429 g/mol. The van der Waals surface area contributed by atoms with E-state index in [1.54, 1.807) is 29.7 Å². The number of hydrogen-bond donors (Lipinski definition) is 1. The van der Waals surface area contributed by atoms with Gasteiger partial charge in [0, 0.05) is 30.5 Å². The first-order valence-corrected chi connectivity index (χ1v) is 11.6. The van der Waals surface area contributed by atoms with Crippen molar-refractivity contribution in [1.82, 2.24) is 9.97 Å². The molecule has 4 rings (SSSR count). The van der Waals surface area contributed by atoms with E-state index in [0.717, 1.165) is 16.8 Å². The zero-order valence-corrected chi connectivity index (χ0v) is 17.4. The number of sulfonamides is 1. The van der Waals surface area contributed by atoms with Crippen molar-refractivity contribution in [2.75, 3.05) is 16.7 Å². The molecule has 1 saturated carbocycles. The molecular formula is C20H20N4O3S2. The second kappa shape index (κ2) is 7.92. The number of hydrogen-bond acceptors (Lipinski definition) is 6. The molecule has 0 saturated heterocycles. The van der Waals surface area contributed by atoms with Crippen LogP contribution in [-0.4, -0.2) is 36.6 Å². The number of carbonyl (C=O) groups is 1. The molecule has 2 aromatic heterocycles. The van der Waals surface area contributed by atoms with Gasteiger partial charge in [-0.3, -0.25) is 14.5 Å². The number of benzene rings is 1. The highest BCUT2D eigenvalue weighted by atomic mass is 32.2. The molecule has 1 fully saturated rings. The van der Waals surface area contributed by atoms with Crippen molar-refractivity contribution in [3.8, 4) is 11.1 Å². The average Bonchev–Trinajstić information content (AvgIpc) is 3.51. The lowest BCUT2D eigenvalue weighted by Crippen LogP contribution is -2.27. The SMILES string of the molecule is CN(C(=O)Cc1csc(NS(=O)(=O)C2CC2)n1)c1ccc(-c2cccnc2)cc1. The monoisotopic (exact) mass is 428 g/mol. The fourth-order valence-corrected chi connectivity index (χ4v) is 5.15. The van der Waals surface area contributed by atoms with E-state index in [1.165, 1.54) is 11.3 Å². The second-order valence-corrected chi connectivity index (χ2v) is 9.73. The molecule has 1 N–H and O–H groups in total. The van der Waals surface area contributed by atoms with Crippen LogP contribution in [-0.2, 0) is 21.2 Å². The number of nitrogens with zero attached hydrogens (tertiary/aromatic N) is 3. The van der Waals surface area contributed by atoms with Gasteiger partial charge < -0.3 is 4.90 Å². The van der Waals surface area contributed by atoms with Crippen LogP contribution >= 0.6 is 11.3 Å². The van der Waals surface area contributed by atoms with E-state index in [-0.39, 0.29) is 17.6 Å². The van der Waals surface area contributed by atoms with Gasteiger partial charge in [-0.05, 0) is 42.2 Å². The van der Waals surface area contributed by atoms with Crippen molar-refractivity contribution in [1.29, 1.82) is 0 Å². The van der Waals surface area contributed by atoms with Crippen molar-refractivity contribution < 1.29 is 13.2 Å². The first kappa shape index (κ1) is 19.5. The molecule has 9 heteroatoms. The minimum Gasteiger partial charge on any atom is -0.315 e. The number of nitrogens with one attached hydrogen (secondary N) is 1. The second-order valence-electron chi connectivity index (χ2n) is 6.91. The molecule has 3 aromatic rings. The summed E-state index contributed by atoms with van der Waals surface area (Å²) in [6.45, 7) is 0. The molecule has 7 nitrogen and oxygen atoms in total. The molecule has 29 heavy (non-hydrogen) atoms. The van der Waals surface area contributed by atoms with E-state index in [9.17, 15) is 13.2 Å². The Morgan fingerprint density at radius 3 is 2.62 bits per heavy atom. The Morgan fingerprint density at radius 1 is 1.21 bits per heavy atom. The number of anilines is 2. The zero-order valence-electron chi connectivity index (χ0n) is 15.8. The van der Waals surface area contributed by atoms with Gasteiger partial charge >= 0.3 is 0 Å². The molecule has 0 atom stereocenters. The van der Waals surface area contributed by atoms with Crippen LogP contribution in [0, 0.1) is 0 Å². The van der Waals surface area contributed by atoms with Gasteiger partial charge in [-0.15, -0.1) is 11.3 Å². The van der Waals surface area contributed by atoms with Crippen LogP contribution in [0.25, 0.3) is 11.1 Å². The summed E-state index contributed by atoms with van der Waals surface area (Å²) in [6, 6.07) is 11.5. The van der Waals surface area contributed by atoms with Gasteiger partial charge in [0.05, 0.1) is 17.4 Å². The third-order valence-corrected chi connectivity index (χ3v) is 7.46. The lowest BCUT2D eigenvalue weighted by molar-refractivity contribution is -0.117. The largest absolute Gasteiger partial charge is 0.315 e. The number of rotatable bonds is 7. The molecule has 1 aromatic carbocycles. The molecule has 1 aliphatic carbocycles. The lowest BCUT2D eigenvalue weighted by Gasteiger charge is -2.17. The van der Waals surface area contributed by atoms with E-state index in [4.69, 9.17) is 0 Å². The Kier molecular flexibility index (Phi) is 5.33. The summed E-state index contributed by atoms with van der Waals surface area (Å²) in [4.78, 5) is 22.6. The highest BCUT2D eigenvalue weighted by molar-refractivity contribution is 7.93. The maximum Gasteiger partial charge on any atom is 0.237 e. The van der Waals surface area contributed by atoms with Crippen LogP contribution in [0.5, 0.6) is 0 Å². The predicted molar refractivity (Wildman–Crippen MR) is 114 cm³/mol. The number of aromatic nitrogens is 2. The fraction of sp³-hybridized carbons (Fsp3) is 0.250. The van der Waals surface area contributed by atoms with Crippen molar-refractivity contribution in [2.24, 2.45) is 0 Å². The summed E-state index contributed by atoms with van der Waals surface area (Å²) in [5.74, 6) is -0.124. The van der Waals surface area contributed by atoms with Crippen LogP contribution in [0.4, 0.5) is 10.8 Å². The fourth-order valence-electron chi connectivity index (χ4n) is 2.85. The summed E-state index contributed by atoms with van der Waals surface area (Å²) in [5.41, 5.74) is 3.35. The standard InChI is InChI=1S/C20H20N4O3S2/c1-24(17-6-4-14(5-7-17)15-3-2-10-21-12-15)19(25)11-16-13-28-20(22-16)23-29(26,27)18-8-9-18/h2-7,10,12-13,18H,8-9,11H2,1H3,(H,22,23).